The standard InChI is InChI=1S/C33H33N5O2/c1-5-24-14-16-25(17-15-24)31-29-12-9-19-36(29)32-27(23(3)35-38(32)26-10-7-6-8-11-26)21-37(31)33(39)34-28-20-22(2)13-18-30(28)40-4/h6-20,31H,5,21H2,1-4H3,(H,34,39). The van der Waals surface area contributed by atoms with Crippen molar-refractivity contribution in [3.05, 3.63) is 125 Å². The van der Waals surface area contributed by atoms with Gasteiger partial charge in [0.15, 0.2) is 0 Å². The van der Waals surface area contributed by atoms with Gasteiger partial charge in [-0.15, -0.1) is 0 Å². The number of ether oxygens (including phenoxy) is 1. The molecule has 3 aromatic carbocycles. The summed E-state index contributed by atoms with van der Waals surface area (Å²) < 4.78 is 9.74. The number of carbonyl (C=O) groups excluding carboxylic acids is 1. The van der Waals surface area contributed by atoms with E-state index in [0.717, 1.165) is 46.0 Å². The molecule has 1 atom stereocenters. The third-order valence-corrected chi connectivity index (χ3v) is 7.65. The minimum atomic E-state index is -0.326. The first-order valence-corrected chi connectivity index (χ1v) is 13.6. The van der Waals surface area contributed by atoms with Crippen LogP contribution in [0, 0.1) is 13.8 Å². The van der Waals surface area contributed by atoms with Gasteiger partial charge in [-0.05, 0) is 73.4 Å². The van der Waals surface area contributed by atoms with Gasteiger partial charge in [0.25, 0.3) is 0 Å². The molecule has 0 radical (unpaired) electrons. The molecule has 0 spiro atoms. The number of hydrogen-bond donors (Lipinski definition) is 1. The minimum absolute atomic E-state index is 0.207. The Kier molecular flexibility index (Phi) is 6.64. The Morgan fingerprint density at radius 1 is 1.00 bits per heavy atom. The number of urea groups is 1. The predicted molar refractivity (Wildman–Crippen MR) is 158 cm³/mol. The molecule has 0 aliphatic carbocycles. The van der Waals surface area contributed by atoms with Crippen molar-refractivity contribution < 1.29 is 9.53 Å². The normalized spacial score (nSPS) is 14.3. The van der Waals surface area contributed by atoms with Gasteiger partial charge in [0.2, 0.25) is 0 Å². The van der Waals surface area contributed by atoms with E-state index in [1.54, 1.807) is 7.11 Å². The van der Waals surface area contributed by atoms with Crippen LogP contribution in [0.25, 0.3) is 11.5 Å². The number of hydrogen-bond acceptors (Lipinski definition) is 3. The number of nitrogens with zero attached hydrogens (tertiary/aromatic N) is 4. The Bertz CT molecular complexity index is 1670. The van der Waals surface area contributed by atoms with E-state index >= 15 is 0 Å². The first-order valence-electron chi connectivity index (χ1n) is 13.6. The summed E-state index contributed by atoms with van der Waals surface area (Å²) in [6.07, 6.45) is 3.02. The van der Waals surface area contributed by atoms with Crippen LogP contribution in [-0.2, 0) is 13.0 Å². The zero-order valence-electron chi connectivity index (χ0n) is 23.3. The summed E-state index contributed by atoms with van der Waals surface area (Å²) in [5, 5.41) is 8.10. The molecule has 0 saturated heterocycles. The van der Waals surface area contributed by atoms with Crippen molar-refractivity contribution in [2.45, 2.75) is 39.8 Å². The number of benzene rings is 3. The fourth-order valence-corrected chi connectivity index (χ4v) is 5.54. The maximum absolute atomic E-state index is 14.3. The van der Waals surface area contributed by atoms with Gasteiger partial charge in [-0.25, -0.2) is 9.48 Å². The van der Waals surface area contributed by atoms with Crippen LogP contribution in [0.15, 0.2) is 91.1 Å². The molecule has 1 aliphatic heterocycles. The predicted octanol–water partition coefficient (Wildman–Crippen LogP) is 6.99. The Balaban J connectivity index is 1.53. The van der Waals surface area contributed by atoms with E-state index in [2.05, 4.69) is 65.5 Å². The summed E-state index contributed by atoms with van der Waals surface area (Å²) in [7, 11) is 1.62. The smallest absolute Gasteiger partial charge is 0.323 e. The Morgan fingerprint density at radius 2 is 1.77 bits per heavy atom. The summed E-state index contributed by atoms with van der Waals surface area (Å²) in [5.41, 5.74) is 7.83. The molecule has 5 aromatic rings. The van der Waals surface area contributed by atoms with Gasteiger partial charge in [0, 0.05) is 11.8 Å². The second-order valence-electron chi connectivity index (χ2n) is 10.2. The van der Waals surface area contributed by atoms with Crippen molar-refractivity contribution in [3.8, 4) is 17.3 Å². The molecule has 7 nitrogen and oxygen atoms in total. The maximum Gasteiger partial charge on any atom is 0.323 e. The van der Waals surface area contributed by atoms with Gasteiger partial charge in [-0.3, -0.25) is 0 Å². The van der Waals surface area contributed by atoms with Crippen LogP contribution in [-0.4, -0.2) is 32.4 Å². The van der Waals surface area contributed by atoms with Gasteiger partial charge in [-0.2, -0.15) is 5.10 Å². The number of methoxy groups -OCH3 is 1. The van der Waals surface area contributed by atoms with E-state index in [4.69, 9.17) is 9.84 Å². The fraction of sp³-hybridized carbons (Fsp3) is 0.212. The van der Waals surface area contributed by atoms with Crippen molar-refractivity contribution >= 4 is 11.7 Å². The number of aromatic nitrogens is 3. The summed E-state index contributed by atoms with van der Waals surface area (Å²) >= 11 is 0. The first kappa shape index (κ1) is 25.5. The molecule has 0 saturated carbocycles. The molecular weight excluding hydrogens is 498 g/mol. The van der Waals surface area contributed by atoms with Crippen molar-refractivity contribution in [3.63, 3.8) is 0 Å². The van der Waals surface area contributed by atoms with Crippen molar-refractivity contribution in [1.82, 2.24) is 19.2 Å². The van der Waals surface area contributed by atoms with Gasteiger partial charge in [0.05, 0.1) is 42.5 Å². The summed E-state index contributed by atoms with van der Waals surface area (Å²) in [5.74, 6) is 1.57. The Labute approximate surface area is 234 Å². The average Bonchev–Trinajstić information content (AvgIpc) is 3.54. The minimum Gasteiger partial charge on any atom is -0.495 e. The van der Waals surface area contributed by atoms with Crippen LogP contribution in [0.5, 0.6) is 5.75 Å². The number of carbonyl (C=O) groups is 1. The van der Waals surface area contributed by atoms with Crippen LogP contribution in [0.1, 0.15) is 46.6 Å². The number of para-hydroxylation sites is 1. The summed E-state index contributed by atoms with van der Waals surface area (Å²) in [4.78, 5) is 16.2. The molecule has 1 aliphatic rings. The highest BCUT2D eigenvalue weighted by molar-refractivity contribution is 5.92. The highest BCUT2D eigenvalue weighted by Crippen LogP contribution is 2.39. The van der Waals surface area contributed by atoms with E-state index in [9.17, 15) is 4.79 Å². The second kappa shape index (κ2) is 10.4. The van der Waals surface area contributed by atoms with E-state index in [0.29, 0.717) is 18.0 Å². The number of rotatable bonds is 5. The molecule has 202 valence electrons. The zero-order valence-corrected chi connectivity index (χ0v) is 23.3. The quantitative estimate of drug-likeness (QED) is 0.266. The number of fused-ring (bicyclic) bond motifs is 3. The van der Waals surface area contributed by atoms with Crippen LogP contribution < -0.4 is 10.1 Å². The van der Waals surface area contributed by atoms with Crippen molar-refractivity contribution in [1.29, 1.82) is 0 Å². The number of aryl methyl sites for hydroxylation is 3. The molecule has 40 heavy (non-hydrogen) atoms. The molecule has 7 heteroatoms. The van der Waals surface area contributed by atoms with Crippen LogP contribution >= 0.6 is 0 Å². The number of amides is 2. The lowest BCUT2D eigenvalue weighted by Gasteiger charge is -2.31. The molecule has 1 N–H and O–H groups in total. The number of anilines is 1. The first-order chi connectivity index (χ1) is 19.5. The largest absolute Gasteiger partial charge is 0.495 e. The van der Waals surface area contributed by atoms with E-state index in [1.807, 2.05) is 65.9 Å². The molecular formula is C33H33N5O2. The van der Waals surface area contributed by atoms with Gasteiger partial charge in [0.1, 0.15) is 11.6 Å². The average molecular weight is 532 g/mol. The maximum atomic E-state index is 14.3. The van der Waals surface area contributed by atoms with E-state index in [-0.39, 0.29) is 12.1 Å². The third-order valence-electron chi connectivity index (χ3n) is 7.65. The van der Waals surface area contributed by atoms with E-state index in [1.165, 1.54) is 5.56 Å². The molecule has 2 amide bonds. The SMILES string of the molecule is CCc1ccc(C2c3cccn3-c3c(c(C)nn3-c3ccccc3)CN2C(=O)Nc2cc(C)ccc2OC)cc1. The molecule has 1 unspecified atom stereocenters. The summed E-state index contributed by atoms with van der Waals surface area (Å²) in [6.45, 7) is 6.54. The highest BCUT2D eigenvalue weighted by Gasteiger charge is 2.36. The third kappa shape index (κ3) is 4.43. The van der Waals surface area contributed by atoms with E-state index < -0.39 is 0 Å². The highest BCUT2D eigenvalue weighted by atomic mass is 16.5. The van der Waals surface area contributed by atoms with Crippen LogP contribution in [0.3, 0.4) is 0 Å². The fourth-order valence-electron chi connectivity index (χ4n) is 5.54. The van der Waals surface area contributed by atoms with Gasteiger partial charge >= 0.3 is 6.03 Å². The lowest BCUT2D eigenvalue weighted by molar-refractivity contribution is 0.194. The lowest BCUT2D eigenvalue weighted by Crippen LogP contribution is -2.38. The molecule has 6 rings (SSSR count). The molecule has 0 bridgehead atoms. The van der Waals surface area contributed by atoms with Crippen molar-refractivity contribution in [2.75, 3.05) is 12.4 Å². The van der Waals surface area contributed by atoms with Crippen molar-refractivity contribution in [2.24, 2.45) is 0 Å². The lowest BCUT2D eigenvalue weighted by atomic mass is 9.99. The number of nitrogens with one attached hydrogen (secondary N) is 1. The zero-order chi connectivity index (χ0) is 27.8. The molecule has 2 aromatic heterocycles. The summed E-state index contributed by atoms with van der Waals surface area (Å²) in [6, 6.07) is 28.1. The molecule has 3 heterocycles. The van der Waals surface area contributed by atoms with Crippen LogP contribution in [0.2, 0.25) is 0 Å². The monoisotopic (exact) mass is 531 g/mol. The Hall–Kier alpha value is -4.78. The Morgan fingerprint density at radius 3 is 2.50 bits per heavy atom. The second-order valence-corrected chi connectivity index (χ2v) is 10.2. The molecule has 0 fully saturated rings. The van der Waals surface area contributed by atoms with Crippen LogP contribution in [0.4, 0.5) is 10.5 Å². The van der Waals surface area contributed by atoms with Gasteiger partial charge < -0.3 is 19.5 Å². The van der Waals surface area contributed by atoms with Gasteiger partial charge in [-0.1, -0.05) is 55.5 Å². The topological polar surface area (TPSA) is 64.3 Å².